The van der Waals surface area contributed by atoms with Crippen molar-refractivity contribution in [2.24, 2.45) is 5.16 Å². The van der Waals surface area contributed by atoms with Gasteiger partial charge in [0.05, 0.1) is 16.6 Å². The lowest BCUT2D eigenvalue weighted by atomic mass is 10.1. The summed E-state index contributed by atoms with van der Waals surface area (Å²) >= 11 is 6.49. The number of ether oxygens (including phenoxy) is 2. The van der Waals surface area contributed by atoms with Crippen molar-refractivity contribution in [1.82, 2.24) is 9.97 Å². The van der Waals surface area contributed by atoms with Crippen LogP contribution in [0.3, 0.4) is 0 Å². The first-order valence-corrected chi connectivity index (χ1v) is 13.4. The maximum Gasteiger partial charge on any atom is 0.159 e. The van der Waals surface area contributed by atoms with Crippen molar-refractivity contribution in [1.29, 1.82) is 0 Å². The van der Waals surface area contributed by atoms with Crippen LogP contribution in [0.25, 0.3) is 10.9 Å². The lowest BCUT2D eigenvalue weighted by Crippen LogP contribution is -2.23. The fourth-order valence-electron chi connectivity index (χ4n) is 4.31. The van der Waals surface area contributed by atoms with Gasteiger partial charge in [0.2, 0.25) is 0 Å². The van der Waals surface area contributed by atoms with Gasteiger partial charge in [-0.05, 0) is 86.2 Å². The molecule has 1 atom stereocenters. The molecular weight excluding hydrogens is 531 g/mol. The van der Waals surface area contributed by atoms with Crippen LogP contribution >= 0.6 is 11.6 Å². The summed E-state index contributed by atoms with van der Waals surface area (Å²) in [6, 6.07) is 17.3. The Kier molecular flexibility index (Phi) is 9.07. The van der Waals surface area contributed by atoms with Gasteiger partial charge < -0.3 is 19.6 Å². The molecule has 0 unspecified atom stereocenters. The summed E-state index contributed by atoms with van der Waals surface area (Å²) in [5, 5.41) is 8.82. The van der Waals surface area contributed by atoms with E-state index in [1.165, 1.54) is 18.5 Å². The lowest BCUT2D eigenvalue weighted by Gasteiger charge is -2.21. The maximum absolute atomic E-state index is 13.5. The normalized spacial score (nSPS) is 15.3. The first-order valence-electron chi connectivity index (χ1n) is 13.0. The van der Waals surface area contributed by atoms with Gasteiger partial charge >= 0.3 is 0 Å². The number of hydrogen-bond acceptors (Lipinski definition) is 7. The Morgan fingerprint density at radius 2 is 2.08 bits per heavy atom. The zero-order chi connectivity index (χ0) is 27.7. The van der Waals surface area contributed by atoms with Crippen LogP contribution in [0.1, 0.15) is 37.3 Å². The Labute approximate surface area is 237 Å². The molecule has 9 heteroatoms. The van der Waals surface area contributed by atoms with E-state index in [-0.39, 0.29) is 18.5 Å². The van der Waals surface area contributed by atoms with Gasteiger partial charge in [-0.2, -0.15) is 0 Å². The molecule has 0 bridgehead atoms. The second-order valence-corrected chi connectivity index (χ2v) is 9.65. The molecule has 5 rings (SSSR count). The van der Waals surface area contributed by atoms with Crippen molar-refractivity contribution < 1.29 is 18.7 Å². The Morgan fingerprint density at radius 3 is 2.88 bits per heavy atom. The molecule has 0 radical (unpaired) electrons. The number of nitrogens with one attached hydrogen (secondary N) is 1. The molecule has 1 fully saturated rings. The predicted octanol–water partition coefficient (Wildman–Crippen LogP) is 7.06. The Bertz CT molecular complexity index is 1580. The summed E-state index contributed by atoms with van der Waals surface area (Å²) in [6.07, 6.45) is 4.74. The molecule has 1 aliphatic rings. The summed E-state index contributed by atoms with van der Waals surface area (Å²) < 4.78 is 25.0. The SMILES string of the molecule is CC#C/C(=N/OC[C@@H]1CCCCO1)c1ccc2ncnc(Nc3ccc(OCc4cccc(F)c4)c(Cl)c3)c2c1. The summed E-state index contributed by atoms with van der Waals surface area (Å²) in [5.41, 5.74) is 3.47. The number of hydrogen-bond donors (Lipinski definition) is 1. The van der Waals surface area contributed by atoms with E-state index < -0.39 is 0 Å². The third-order valence-corrected chi connectivity index (χ3v) is 6.62. The summed E-state index contributed by atoms with van der Waals surface area (Å²) in [6.45, 7) is 3.11. The van der Waals surface area contributed by atoms with Crippen LogP contribution in [0.4, 0.5) is 15.9 Å². The van der Waals surface area contributed by atoms with Crippen molar-refractivity contribution in [3.05, 3.63) is 89.0 Å². The molecule has 1 N–H and O–H groups in total. The highest BCUT2D eigenvalue weighted by Crippen LogP contribution is 2.31. The van der Waals surface area contributed by atoms with Crippen LogP contribution in [0.5, 0.6) is 5.75 Å². The molecule has 204 valence electrons. The van der Waals surface area contributed by atoms with E-state index in [9.17, 15) is 4.39 Å². The molecule has 0 amide bonds. The number of anilines is 2. The Balaban J connectivity index is 1.33. The molecule has 1 aliphatic heterocycles. The molecule has 0 spiro atoms. The third kappa shape index (κ3) is 7.06. The number of benzene rings is 3. The Morgan fingerprint density at radius 1 is 1.15 bits per heavy atom. The van der Waals surface area contributed by atoms with E-state index in [0.29, 0.717) is 40.2 Å². The van der Waals surface area contributed by atoms with Crippen LogP contribution < -0.4 is 10.1 Å². The maximum atomic E-state index is 13.5. The van der Waals surface area contributed by atoms with Gasteiger partial charge in [0.1, 0.15) is 36.9 Å². The van der Waals surface area contributed by atoms with Crippen LogP contribution in [0.2, 0.25) is 5.02 Å². The van der Waals surface area contributed by atoms with E-state index >= 15 is 0 Å². The largest absolute Gasteiger partial charge is 0.487 e. The number of rotatable bonds is 9. The monoisotopic (exact) mass is 558 g/mol. The van der Waals surface area contributed by atoms with E-state index in [1.54, 1.807) is 31.2 Å². The smallest absolute Gasteiger partial charge is 0.159 e. The number of nitrogens with zero attached hydrogens (tertiary/aromatic N) is 3. The lowest BCUT2D eigenvalue weighted by molar-refractivity contribution is -0.0395. The first kappa shape index (κ1) is 27.4. The predicted molar refractivity (Wildman–Crippen MR) is 155 cm³/mol. The van der Waals surface area contributed by atoms with Gasteiger partial charge in [-0.15, -0.1) is 0 Å². The first-order chi connectivity index (χ1) is 19.6. The Hall–Kier alpha value is -4.19. The average Bonchev–Trinajstić information content (AvgIpc) is 2.97. The number of aromatic nitrogens is 2. The summed E-state index contributed by atoms with van der Waals surface area (Å²) in [5.74, 6) is 6.71. The van der Waals surface area contributed by atoms with E-state index in [2.05, 4.69) is 32.3 Å². The fraction of sp³-hybridized carbons (Fsp3) is 0.258. The van der Waals surface area contributed by atoms with Gasteiger partial charge in [0, 0.05) is 23.2 Å². The second kappa shape index (κ2) is 13.2. The molecule has 4 aromatic rings. The van der Waals surface area contributed by atoms with Crippen molar-refractivity contribution in [3.63, 3.8) is 0 Å². The van der Waals surface area contributed by atoms with Crippen LogP contribution in [0, 0.1) is 17.7 Å². The van der Waals surface area contributed by atoms with Gasteiger partial charge in [-0.1, -0.05) is 34.8 Å². The average molecular weight is 559 g/mol. The van der Waals surface area contributed by atoms with E-state index in [0.717, 1.165) is 42.3 Å². The fourth-order valence-corrected chi connectivity index (χ4v) is 4.55. The number of oxime groups is 1. The van der Waals surface area contributed by atoms with Crippen LogP contribution in [-0.4, -0.2) is 35.0 Å². The minimum atomic E-state index is -0.311. The van der Waals surface area contributed by atoms with E-state index in [4.69, 9.17) is 25.9 Å². The minimum absolute atomic E-state index is 0.0547. The summed E-state index contributed by atoms with van der Waals surface area (Å²) in [7, 11) is 0. The van der Waals surface area contributed by atoms with Crippen LogP contribution in [0.15, 0.2) is 72.1 Å². The standard InChI is InChI=1S/C31H28ClFN4O3/c1-2-6-28(37-40-19-25-9-3-4-14-38-25)22-10-12-29-26(16-22)31(35-20-34-29)36-24-11-13-30(27(32)17-24)39-18-21-7-5-8-23(33)15-21/h5,7-8,10-13,15-17,20,25H,3-4,9,14,18-19H2,1H3,(H,34,35,36)/b37-28-/t25-/m0/s1. The van der Waals surface area contributed by atoms with Gasteiger partial charge in [0.15, 0.2) is 5.71 Å². The molecule has 0 aliphatic carbocycles. The molecule has 1 aromatic heterocycles. The van der Waals surface area contributed by atoms with Gasteiger partial charge in [0.25, 0.3) is 0 Å². The molecule has 3 aromatic carbocycles. The van der Waals surface area contributed by atoms with Crippen molar-refractivity contribution >= 4 is 39.7 Å². The molecule has 2 heterocycles. The van der Waals surface area contributed by atoms with Gasteiger partial charge in [-0.25, -0.2) is 14.4 Å². The number of fused-ring (bicyclic) bond motifs is 1. The minimum Gasteiger partial charge on any atom is -0.487 e. The zero-order valence-corrected chi connectivity index (χ0v) is 22.7. The highest BCUT2D eigenvalue weighted by atomic mass is 35.5. The highest BCUT2D eigenvalue weighted by Gasteiger charge is 2.15. The second-order valence-electron chi connectivity index (χ2n) is 9.24. The molecule has 1 saturated heterocycles. The van der Waals surface area contributed by atoms with E-state index in [1.807, 2.05) is 24.3 Å². The van der Waals surface area contributed by atoms with Crippen LogP contribution in [-0.2, 0) is 16.2 Å². The zero-order valence-electron chi connectivity index (χ0n) is 22.0. The van der Waals surface area contributed by atoms with Crippen molar-refractivity contribution in [3.8, 4) is 17.6 Å². The number of halogens is 2. The van der Waals surface area contributed by atoms with Crippen molar-refractivity contribution in [2.75, 3.05) is 18.5 Å². The summed E-state index contributed by atoms with van der Waals surface area (Å²) in [4.78, 5) is 14.5. The molecular formula is C31H28ClFN4O3. The molecule has 40 heavy (non-hydrogen) atoms. The topological polar surface area (TPSA) is 77.9 Å². The quantitative estimate of drug-likeness (QED) is 0.135. The highest BCUT2D eigenvalue weighted by molar-refractivity contribution is 6.32. The molecule has 0 saturated carbocycles. The molecule has 7 nitrogen and oxygen atoms in total. The van der Waals surface area contributed by atoms with Crippen molar-refractivity contribution in [2.45, 2.75) is 38.9 Å². The van der Waals surface area contributed by atoms with Gasteiger partial charge in [-0.3, -0.25) is 0 Å². The third-order valence-electron chi connectivity index (χ3n) is 6.32.